The van der Waals surface area contributed by atoms with E-state index in [0.29, 0.717) is 17.4 Å². The normalized spacial score (nSPS) is 10.2. The van der Waals surface area contributed by atoms with Gasteiger partial charge in [0, 0.05) is 25.5 Å². The number of methoxy groups -OCH3 is 1. The van der Waals surface area contributed by atoms with Crippen LogP contribution in [0, 0.1) is 0 Å². The molecule has 0 unspecified atom stereocenters. The van der Waals surface area contributed by atoms with E-state index in [1.54, 1.807) is 29.1 Å². The Morgan fingerprint density at radius 1 is 1.41 bits per heavy atom. The van der Waals surface area contributed by atoms with Crippen LogP contribution in [0.4, 0.5) is 0 Å². The van der Waals surface area contributed by atoms with Crippen molar-refractivity contribution in [2.75, 3.05) is 7.11 Å². The third-order valence-electron chi connectivity index (χ3n) is 2.37. The number of imidazole rings is 1. The second-order valence-corrected chi connectivity index (χ2v) is 3.52. The van der Waals surface area contributed by atoms with Crippen LogP contribution >= 0.6 is 0 Å². The van der Waals surface area contributed by atoms with Crippen molar-refractivity contribution in [3.63, 3.8) is 0 Å². The van der Waals surface area contributed by atoms with Crippen molar-refractivity contribution in [3.05, 3.63) is 36.0 Å². The van der Waals surface area contributed by atoms with Crippen molar-refractivity contribution < 1.29 is 9.53 Å². The Morgan fingerprint density at radius 2 is 2.24 bits per heavy atom. The summed E-state index contributed by atoms with van der Waals surface area (Å²) in [6.07, 6.45) is 3.66. The quantitative estimate of drug-likeness (QED) is 0.724. The van der Waals surface area contributed by atoms with Gasteiger partial charge in [0.15, 0.2) is 5.78 Å². The molecule has 0 fully saturated rings. The molecule has 17 heavy (non-hydrogen) atoms. The summed E-state index contributed by atoms with van der Waals surface area (Å²) in [6.45, 7) is 0. The number of ether oxygens (including phenoxy) is 1. The third kappa shape index (κ3) is 2.47. The minimum absolute atomic E-state index is 0.116. The van der Waals surface area contributed by atoms with Gasteiger partial charge in [-0.1, -0.05) is 0 Å². The lowest BCUT2D eigenvalue weighted by atomic mass is 10.2. The van der Waals surface area contributed by atoms with Gasteiger partial charge in [-0.05, 0) is 6.07 Å². The molecule has 0 N–H and O–H groups in total. The Labute approximate surface area is 98.3 Å². The fourth-order valence-electron chi connectivity index (χ4n) is 1.38. The molecule has 6 heteroatoms. The number of hydrogen-bond acceptors (Lipinski definition) is 5. The van der Waals surface area contributed by atoms with Crippen LogP contribution in [0.5, 0.6) is 5.88 Å². The molecule has 0 aliphatic carbocycles. The molecule has 0 radical (unpaired) electrons. The number of carbonyl (C=O) groups is 1. The Bertz CT molecular complexity index is 519. The van der Waals surface area contributed by atoms with Crippen LogP contribution in [-0.4, -0.2) is 32.6 Å². The minimum atomic E-state index is -0.116. The highest BCUT2D eigenvalue weighted by Gasteiger charge is 2.12. The van der Waals surface area contributed by atoms with Gasteiger partial charge in [0.25, 0.3) is 0 Å². The number of aryl methyl sites for hydroxylation is 1. The maximum absolute atomic E-state index is 11.9. The lowest BCUT2D eigenvalue weighted by Crippen LogP contribution is -2.10. The van der Waals surface area contributed by atoms with Crippen molar-refractivity contribution in [3.8, 4) is 5.88 Å². The first-order valence-corrected chi connectivity index (χ1v) is 5.08. The van der Waals surface area contributed by atoms with E-state index in [4.69, 9.17) is 4.74 Å². The third-order valence-corrected chi connectivity index (χ3v) is 2.37. The summed E-state index contributed by atoms with van der Waals surface area (Å²) in [7, 11) is 3.34. The lowest BCUT2D eigenvalue weighted by molar-refractivity contribution is 0.0984. The molecular formula is C11H12N4O2. The molecule has 2 rings (SSSR count). The number of aromatic nitrogens is 4. The van der Waals surface area contributed by atoms with E-state index in [-0.39, 0.29) is 12.2 Å². The molecule has 0 aliphatic rings. The average Bonchev–Trinajstić information content (AvgIpc) is 2.75. The van der Waals surface area contributed by atoms with Gasteiger partial charge in [0.2, 0.25) is 5.88 Å². The molecule has 0 saturated carbocycles. The molecule has 2 aromatic rings. The van der Waals surface area contributed by atoms with E-state index in [1.165, 1.54) is 7.11 Å². The van der Waals surface area contributed by atoms with E-state index in [1.807, 2.05) is 7.05 Å². The number of ketones is 1. The van der Waals surface area contributed by atoms with Gasteiger partial charge in [0.05, 0.1) is 13.5 Å². The van der Waals surface area contributed by atoms with E-state index in [9.17, 15) is 4.79 Å². The first-order chi connectivity index (χ1) is 8.20. The molecule has 2 heterocycles. The second kappa shape index (κ2) is 4.73. The summed E-state index contributed by atoms with van der Waals surface area (Å²) in [4.78, 5) is 16.0. The highest BCUT2D eigenvalue weighted by molar-refractivity contribution is 5.95. The van der Waals surface area contributed by atoms with Gasteiger partial charge in [-0.2, -0.15) is 0 Å². The summed E-state index contributed by atoms with van der Waals surface area (Å²) in [6, 6.07) is 3.20. The molecular weight excluding hydrogens is 220 g/mol. The monoisotopic (exact) mass is 232 g/mol. The molecule has 88 valence electrons. The smallest absolute Gasteiger partial charge is 0.233 e. The van der Waals surface area contributed by atoms with Gasteiger partial charge in [-0.15, -0.1) is 10.2 Å². The summed E-state index contributed by atoms with van der Waals surface area (Å²) >= 11 is 0. The van der Waals surface area contributed by atoms with Crippen LogP contribution in [-0.2, 0) is 13.5 Å². The van der Waals surface area contributed by atoms with E-state index < -0.39 is 0 Å². The van der Waals surface area contributed by atoms with Crippen LogP contribution in [0.15, 0.2) is 24.5 Å². The van der Waals surface area contributed by atoms with Gasteiger partial charge < -0.3 is 9.30 Å². The molecule has 2 aromatic heterocycles. The SMILES string of the molecule is COc1ccc(C(=O)Cc2nccn2C)nn1. The summed E-state index contributed by atoms with van der Waals surface area (Å²) in [5.41, 5.74) is 0.314. The van der Waals surface area contributed by atoms with E-state index in [2.05, 4.69) is 15.2 Å². The first kappa shape index (κ1) is 11.3. The number of hydrogen-bond donors (Lipinski definition) is 0. The molecule has 0 aromatic carbocycles. The topological polar surface area (TPSA) is 69.9 Å². The Morgan fingerprint density at radius 3 is 2.76 bits per heavy atom. The lowest BCUT2D eigenvalue weighted by Gasteiger charge is -2.01. The van der Waals surface area contributed by atoms with Gasteiger partial charge >= 0.3 is 0 Å². The fourth-order valence-corrected chi connectivity index (χ4v) is 1.38. The van der Waals surface area contributed by atoms with Crippen LogP contribution < -0.4 is 4.74 Å². The van der Waals surface area contributed by atoms with E-state index in [0.717, 1.165) is 0 Å². The Kier molecular flexibility index (Phi) is 3.13. The zero-order valence-electron chi connectivity index (χ0n) is 9.62. The van der Waals surface area contributed by atoms with Crippen LogP contribution in [0.1, 0.15) is 16.3 Å². The zero-order chi connectivity index (χ0) is 12.3. The van der Waals surface area contributed by atoms with Crippen LogP contribution in [0.25, 0.3) is 0 Å². The molecule has 0 saturated heterocycles. The molecule has 0 amide bonds. The van der Waals surface area contributed by atoms with Gasteiger partial charge in [-0.25, -0.2) is 4.98 Å². The average molecular weight is 232 g/mol. The molecule has 0 bridgehead atoms. The van der Waals surface area contributed by atoms with Crippen molar-refractivity contribution in [1.82, 2.24) is 19.7 Å². The highest BCUT2D eigenvalue weighted by atomic mass is 16.5. The van der Waals surface area contributed by atoms with Crippen LogP contribution in [0.2, 0.25) is 0 Å². The predicted molar refractivity (Wildman–Crippen MR) is 59.8 cm³/mol. The molecule has 0 spiro atoms. The summed E-state index contributed by atoms with van der Waals surface area (Å²) in [5, 5.41) is 7.55. The van der Waals surface area contributed by atoms with Crippen molar-refractivity contribution in [2.45, 2.75) is 6.42 Å². The van der Waals surface area contributed by atoms with Gasteiger partial charge in [-0.3, -0.25) is 4.79 Å². The highest BCUT2D eigenvalue weighted by Crippen LogP contribution is 2.06. The number of nitrogens with zero attached hydrogens (tertiary/aromatic N) is 4. The second-order valence-electron chi connectivity index (χ2n) is 3.52. The minimum Gasteiger partial charge on any atom is -0.480 e. The van der Waals surface area contributed by atoms with Crippen molar-refractivity contribution in [1.29, 1.82) is 0 Å². The fraction of sp³-hybridized carbons (Fsp3) is 0.273. The van der Waals surface area contributed by atoms with Crippen molar-refractivity contribution >= 4 is 5.78 Å². The number of carbonyl (C=O) groups excluding carboxylic acids is 1. The first-order valence-electron chi connectivity index (χ1n) is 5.08. The maximum Gasteiger partial charge on any atom is 0.233 e. The zero-order valence-corrected chi connectivity index (χ0v) is 9.62. The largest absolute Gasteiger partial charge is 0.480 e. The Balaban J connectivity index is 2.12. The number of Topliss-reactive ketones (excluding diaryl/α,β-unsaturated/α-hetero) is 1. The number of rotatable bonds is 4. The maximum atomic E-state index is 11.9. The molecule has 0 atom stereocenters. The van der Waals surface area contributed by atoms with E-state index >= 15 is 0 Å². The van der Waals surface area contributed by atoms with Crippen molar-refractivity contribution in [2.24, 2.45) is 7.05 Å². The van der Waals surface area contributed by atoms with Crippen LogP contribution in [0.3, 0.4) is 0 Å². The Hall–Kier alpha value is -2.24. The predicted octanol–water partition coefficient (Wildman–Crippen LogP) is 0.644. The standard InChI is InChI=1S/C11H12N4O2/c1-15-6-5-12-10(15)7-9(16)8-3-4-11(17-2)14-13-8/h3-6H,7H2,1-2H3. The molecule has 6 nitrogen and oxygen atoms in total. The summed E-state index contributed by atoms with van der Waals surface area (Å²) < 4.78 is 6.67. The molecule has 0 aliphatic heterocycles. The summed E-state index contributed by atoms with van der Waals surface area (Å²) in [5.74, 6) is 0.973. The van der Waals surface area contributed by atoms with Gasteiger partial charge in [0.1, 0.15) is 11.5 Å².